The molecule has 0 spiro atoms. The van der Waals surface area contributed by atoms with Crippen LogP contribution in [-0.4, -0.2) is 42.7 Å². The van der Waals surface area contributed by atoms with Crippen LogP contribution in [0, 0.1) is 6.92 Å². The fourth-order valence-corrected chi connectivity index (χ4v) is 3.13. The van der Waals surface area contributed by atoms with E-state index in [0.29, 0.717) is 22.3 Å². The van der Waals surface area contributed by atoms with Crippen LogP contribution in [0.2, 0.25) is 0 Å². The Bertz CT molecular complexity index is 1200. The zero-order valence-corrected chi connectivity index (χ0v) is 15.5. The van der Waals surface area contributed by atoms with Gasteiger partial charge in [-0.1, -0.05) is 0 Å². The molecule has 7 nitrogen and oxygen atoms in total. The summed E-state index contributed by atoms with van der Waals surface area (Å²) in [4.78, 5) is 8.68. The molecular formula is C19H16F3N5O2. The largest absolute Gasteiger partial charge is 0.495 e. The molecule has 1 N–H and O–H groups in total. The van der Waals surface area contributed by atoms with Gasteiger partial charge in [0.15, 0.2) is 5.82 Å². The monoisotopic (exact) mass is 403 g/mol. The molecular weight excluding hydrogens is 387 g/mol. The molecule has 0 unspecified atom stereocenters. The van der Waals surface area contributed by atoms with Crippen molar-refractivity contribution in [3.8, 4) is 28.7 Å². The highest BCUT2D eigenvalue weighted by Crippen LogP contribution is 2.34. The van der Waals surface area contributed by atoms with Gasteiger partial charge < -0.3 is 9.84 Å². The summed E-state index contributed by atoms with van der Waals surface area (Å²) in [7, 11) is 1.54. The van der Waals surface area contributed by atoms with E-state index in [1.807, 2.05) is 6.92 Å². The van der Waals surface area contributed by atoms with E-state index in [4.69, 9.17) is 4.74 Å². The van der Waals surface area contributed by atoms with Gasteiger partial charge in [-0.25, -0.2) is 4.98 Å². The van der Waals surface area contributed by atoms with E-state index in [9.17, 15) is 18.3 Å². The molecule has 0 aliphatic heterocycles. The van der Waals surface area contributed by atoms with Crippen molar-refractivity contribution < 1.29 is 23.0 Å². The molecule has 10 heteroatoms. The lowest BCUT2D eigenvalue weighted by molar-refractivity contribution is -0.142. The maximum absolute atomic E-state index is 12.6. The van der Waals surface area contributed by atoms with Crippen LogP contribution in [0.15, 0.2) is 43.0 Å². The number of aryl methyl sites for hydroxylation is 1. The standard InChI is InChI=1S/C19H16F3N5O2/c1-11-5-14(12-6-13(29-2)8-23-7-12)24-15-9-27(18(28)17(11)15)16-3-4-26(25-16)10-19(20,21)22/h3-9,28H,10H2,1-2H3. The van der Waals surface area contributed by atoms with Gasteiger partial charge in [0.2, 0.25) is 5.88 Å². The van der Waals surface area contributed by atoms with E-state index < -0.39 is 12.7 Å². The van der Waals surface area contributed by atoms with E-state index >= 15 is 0 Å². The van der Waals surface area contributed by atoms with Gasteiger partial charge in [-0.15, -0.1) is 0 Å². The second-order valence-electron chi connectivity index (χ2n) is 6.51. The number of fused-ring (bicyclic) bond motifs is 1. The lowest BCUT2D eigenvalue weighted by Gasteiger charge is -2.06. The molecule has 150 valence electrons. The second kappa shape index (κ2) is 6.80. The summed E-state index contributed by atoms with van der Waals surface area (Å²) < 4.78 is 45.0. The Morgan fingerprint density at radius 1 is 1.21 bits per heavy atom. The molecule has 0 saturated carbocycles. The van der Waals surface area contributed by atoms with Crippen LogP contribution < -0.4 is 4.74 Å². The number of hydrogen-bond acceptors (Lipinski definition) is 5. The lowest BCUT2D eigenvalue weighted by atomic mass is 10.1. The van der Waals surface area contributed by atoms with Gasteiger partial charge in [0.25, 0.3) is 0 Å². The van der Waals surface area contributed by atoms with Crippen LogP contribution in [0.3, 0.4) is 0 Å². The number of aromatic nitrogens is 5. The highest BCUT2D eigenvalue weighted by Gasteiger charge is 2.28. The Kier molecular flexibility index (Phi) is 4.40. The number of methoxy groups -OCH3 is 1. The maximum atomic E-state index is 12.6. The predicted octanol–water partition coefficient (Wildman–Crippen LogP) is 3.87. The molecule has 0 aromatic carbocycles. The van der Waals surface area contributed by atoms with Gasteiger partial charge in [-0.05, 0) is 24.6 Å². The van der Waals surface area contributed by atoms with Gasteiger partial charge in [0, 0.05) is 30.2 Å². The third-order valence-corrected chi connectivity index (χ3v) is 4.41. The molecule has 0 atom stereocenters. The average Bonchev–Trinajstić information content (AvgIpc) is 3.24. The third-order valence-electron chi connectivity index (χ3n) is 4.41. The molecule has 0 saturated heterocycles. The van der Waals surface area contributed by atoms with Gasteiger partial charge in [0.05, 0.1) is 29.9 Å². The number of pyridine rings is 2. The van der Waals surface area contributed by atoms with Gasteiger partial charge >= 0.3 is 6.18 Å². The summed E-state index contributed by atoms with van der Waals surface area (Å²) in [5, 5.41) is 15.0. The number of halogens is 3. The fourth-order valence-electron chi connectivity index (χ4n) is 3.13. The molecule has 4 aromatic heterocycles. The maximum Gasteiger partial charge on any atom is 0.408 e. The molecule has 0 amide bonds. The van der Waals surface area contributed by atoms with Crippen molar-refractivity contribution >= 4 is 10.9 Å². The fraction of sp³-hybridized carbons (Fsp3) is 0.211. The van der Waals surface area contributed by atoms with E-state index in [1.54, 1.807) is 31.6 Å². The Hall–Kier alpha value is -3.56. The van der Waals surface area contributed by atoms with E-state index in [2.05, 4.69) is 15.1 Å². The minimum atomic E-state index is -4.38. The first-order valence-corrected chi connectivity index (χ1v) is 8.57. The normalized spacial score (nSPS) is 11.9. The SMILES string of the molecule is COc1cncc(-c2cc(C)c3c(O)n(-c4ccn(CC(F)(F)F)n4)cc3n2)c1. The van der Waals surface area contributed by atoms with Crippen molar-refractivity contribution in [1.29, 1.82) is 0 Å². The van der Waals surface area contributed by atoms with Crippen molar-refractivity contribution in [2.45, 2.75) is 19.6 Å². The third kappa shape index (κ3) is 3.60. The Balaban J connectivity index is 1.78. The first-order chi connectivity index (χ1) is 13.7. The first-order valence-electron chi connectivity index (χ1n) is 8.57. The zero-order chi connectivity index (χ0) is 20.8. The zero-order valence-electron chi connectivity index (χ0n) is 15.5. The number of aromatic hydroxyl groups is 1. The van der Waals surface area contributed by atoms with Crippen LogP contribution >= 0.6 is 0 Å². The van der Waals surface area contributed by atoms with Crippen molar-refractivity contribution in [2.24, 2.45) is 0 Å². The van der Waals surface area contributed by atoms with Crippen LogP contribution in [-0.2, 0) is 6.54 Å². The molecule has 0 bridgehead atoms. The minimum Gasteiger partial charge on any atom is -0.495 e. The highest BCUT2D eigenvalue weighted by atomic mass is 19.4. The van der Waals surface area contributed by atoms with Gasteiger partial charge in [-0.3, -0.25) is 14.2 Å². The van der Waals surface area contributed by atoms with Crippen LogP contribution in [0.25, 0.3) is 28.0 Å². The molecule has 4 heterocycles. The average molecular weight is 403 g/mol. The van der Waals surface area contributed by atoms with Crippen molar-refractivity contribution in [1.82, 2.24) is 24.3 Å². The van der Waals surface area contributed by atoms with Crippen LogP contribution in [0.4, 0.5) is 13.2 Å². The number of rotatable bonds is 4. The molecule has 0 fully saturated rings. The minimum absolute atomic E-state index is 0.141. The Labute approximate surface area is 163 Å². The van der Waals surface area contributed by atoms with Crippen LogP contribution in [0.5, 0.6) is 11.6 Å². The first kappa shape index (κ1) is 18.8. The summed E-state index contributed by atoms with van der Waals surface area (Å²) in [6.07, 6.45) is 1.58. The molecule has 4 aromatic rings. The van der Waals surface area contributed by atoms with E-state index in [-0.39, 0.29) is 11.7 Å². The van der Waals surface area contributed by atoms with Crippen molar-refractivity contribution in [2.75, 3.05) is 7.11 Å². The molecule has 29 heavy (non-hydrogen) atoms. The van der Waals surface area contributed by atoms with E-state index in [1.165, 1.54) is 23.0 Å². The number of ether oxygens (including phenoxy) is 1. The summed E-state index contributed by atoms with van der Waals surface area (Å²) in [5.74, 6) is 0.601. The quantitative estimate of drug-likeness (QED) is 0.560. The molecule has 0 aliphatic rings. The highest BCUT2D eigenvalue weighted by molar-refractivity contribution is 5.90. The molecule has 0 radical (unpaired) electrons. The number of hydrogen-bond donors (Lipinski definition) is 1. The number of alkyl halides is 3. The topological polar surface area (TPSA) is 78.0 Å². The second-order valence-corrected chi connectivity index (χ2v) is 6.51. The summed E-state index contributed by atoms with van der Waals surface area (Å²) >= 11 is 0. The smallest absolute Gasteiger partial charge is 0.408 e. The number of nitrogens with zero attached hydrogens (tertiary/aromatic N) is 5. The van der Waals surface area contributed by atoms with Crippen molar-refractivity contribution in [3.63, 3.8) is 0 Å². The predicted molar refractivity (Wildman–Crippen MR) is 99.1 cm³/mol. The van der Waals surface area contributed by atoms with Crippen molar-refractivity contribution in [3.05, 3.63) is 48.5 Å². The summed E-state index contributed by atoms with van der Waals surface area (Å²) in [5.41, 5.74) is 2.58. The summed E-state index contributed by atoms with van der Waals surface area (Å²) in [6.45, 7) is 0.603. The van der Waals surface area contributed by atoms with Gasteiger partial charge in [0.1, 0.15) is 12.3 Å². The van der Waals surface area contributed by atoms with E-state index in [0.717, 1.165) is 15.8 Å². The van der Waals surface area contributed by atoms with Crippen LogP contribution in [0.1, 0.15) is 5.56 Å². The van der Waals surface area contributed by atoms with Gasteiger partial charge in [-0.2, -0.15) is 18.3 Å². The lowest BCUT2D eigenvalue weighted by Crippen LogP contribution is -2.18. The molecule has 4 rings (SSSR count). The Morgan fingerprint density at radius 3 is 2.72 bits per heavy atom. The Morgan fingerprint density at radius 2 is 2.00 bits per heavy atom. The summed E-state index contributed by atoms with van der Waals surface area (Å²) in [6, 6.07) is 4.98. The molecule has 0 aliphatic carbocycles.